The Hall–Kier alpha value is -4.02. The summed E-state index contributed by atoms with van der Waals surface area (Å²) in [6, 6.07) is 5.72. The van der Waals surface area contributed by atoms with Crippen molar-refractivity contribution in [3.63, 3.8) is 0 Å². The number of primary amides is 1. The predicted molar refractivity (Wildman–Crippen MR) is 137 cm³/mol. The van der Waals surface area contributed by atoms with Crippen molar-refractivity contribution in [3.05, 3.63) is 30.0 Å². The molecule has 1 saturated carbocycles. The monoisotopic (exact) mass is 505 g/mol. The molecule has 0 radical (unpaired) electrons. The van der Waals surface area contributed by atoms with E-state index in [9.17, 15) is 9.59 Å². The predicted octanol–water partition coefficient (Wildman–Crippen LogP) is 3.05. The third-order valence-electron chi connectivity index (χ3n) is 7.49. The van der Waals surface area contributed by atoms with Crippen LogP contribution < -0.4 is 10.5 Å². The lowest BCUT2D eigenvalue weighted by molar-refractivity contribution is 0.0373. The van der Waals surface area contributed by atoms with E-state index in [1.807, 2.05) is 35.6 Å². The highest BCUT2D eigenvalue weighted by Gasteiger charge is 2.29. The van der Waals surface area contributed by atoms with Gasteiger partial charge in [0.15, 0.2) is 5.82 Å². The molecule has 2 amide bonds. The Bertz CT molecular complexity index is 1530. The summed E-state index contributed by atoms with van der Waals surface area (Å²) in [6.07, 6.45) is 4.56. The van der Waals surface area contributed by atoms with Gasteiger partial charge in [-0.05, 0) is 49.8 Å². The summed E-state index contributed by atoms with van der Waals surface area (Å²) >= 11 is 0. The Labute approximate surface area is 213 Å². The van der Waals surface area contributed by atoms with Crippen LogP contribution in [0.2, 0.25) is 0 Å². The Balaban J connectivity index is 1.40. The first-order chi connectivity index (χ1) is 17.8. The van der Waals surface area contributed by atoms with E-state index in [-0.39, 0.29) is 5.91 Å². The fourth-order valence-corrected chi connectivity index (χ4v) is 5.53. The molecule has 1 saturated heterocycles. The number of aryl methyl sites for hydroxylation is 2. The van der Waals surface area contributed by atoms with Gasteiger partial charge in [-0.15, -0.1) is 0 Å². The molecule has 37 heavy (non-hydrogen) atoms. The maximum Gasteiger partial charge on any atom is 0.404 e. The highest BCUT2D eigenvalue weighted by molar-refractivity contribution is 6.00. The van der Waals surface area contributed by atoms with E-state index in [4.69, 9.17) is 20.2 Å². The molecule has 4 aromatic rings. The molecule has 6 rings (SSSR count). The summed E-state index contributed by atoms with van der Waals surface area (Å²) in [4.78, 5) is 31.4. The topological polar surface area (TPSA) is 122 Å². The van der Waals surface area contributed by atoms with Crippen LogP contribution in [0.5, 0.6) is 5.75 Å². The lowest BCUT2D eigenvalue weighted by Crippen LogP contribution is -2.44. The standard InChI is InChI=1S/C26H31N7O4/c1-30-22-19(29-23(30)20-10-17-12-28-31(2)24(17)33(20)13-15-6-7-15)9-16(11-21(22)36-3)25(34)32-8-4-5-18(14-32)37-26(27)35/h9-12,15,18H,4-8,13-14H2,1-3H3,(H2,27,35). The van der Waals surface area contributed by atoms with Gasteiger partial charge in [-0.3, -0.25) is 9.48 Å². The summed E-state index contributed by atoms with van der Waals surface area (Å²) in [7, 11) is 5.54. The number of aromatic nitrogens is 5. The maximum absolute atomic E-state index is 13.5. The van der Waals surface area contributed by atoms with Crippen LogP contribution in [0.3, 0.4) is 0 Å². The summed E-state index contributed by atoms with van der Waals surface area (Å²) in [5, 5.41) is 5.51. The molecule has 1 unspecified atom stereocenters. The summed E-state index contributed by atoms with van der Waals surface area (Å²) < 4.78 is 17.2. The first-order valence-electron chi connectivity index (χ1n) is 12.7. The fourth-order valence-electron chi connectivity index (χ4n) is 5.53. The first kappa shape index (κ1) is 23.4. The first-order valence-corrected chi connectivity index (χ1v) is 12.7. The number of rotatable bonds is 6. The molecule has 11 nitrogen and oxygen atoms in total. The van der Waals surface area contributed by atoms with Gasteiger partial charge in [0, 0.05) is 38.1 Å². The smallest absolute Gasteiger partial charge is 0.404 e. The van der Waals surface area contributed by atoms with E-state index in [0.717, 1.165) is 41.0 Å². The number of likely N-dealkylation sites (tertiary alicyclic amines) is 1. The van der Waals surface area contributed by atoms with Crippen LogP contribution in [0, 0.1) is 5.92 Å². The maximum atomic E-state index is 13.5. The highest BCUT2D eigenvalue weighted by atomic mass is 16.6. The van der Waals surface area contributed by atoms with Gasteiger partial charge in [0.1, 0.15) is 23.0 Å². The summed E-state index contributed by atoms with van der Waals surface area (Å²) in [6.45, 7) is 1.82. The number of nitrogens with two attached hydrogens (primary N) is 1. The molecule has 0 spiro atoms. The van der Waals surface area contributed by atoms with E-state index < -0.39 is 12.2 Å². The van der Waals surface area contributed by atoms with Crippen molar-refractivity contribution in [1.29, 1.82) is 0 Å². The second-order valence-corrected chi connectivity index (χ2v) is 10.1. The molecule has 1 aliphatic heterocycles. The third kappa shape index (κ3) is 4.08. The molecule has 2 aliphatic rings. The average molecular weight is 506 g/mol. The number of amides is 2. The molecule has 11 heteroatoms. The zero-order chi connectivity index (χ0) is 25.8. The second-order valence-electron chi connectivity index (χ2n) is 10.1. The number of hydrogen-bond acceptors (Lipinski definition) is 6. The van der Waals surface area contributed by atoms with Crippen molar-refractivity contribution in [2.24, 2.45) is 25.7 Å². The lowest BCUT2D eigenvalue weighted by atomic mass is 10.1. The van der Waals surface area contributed by atoms with Gasteiger partial charge < -0.3 is 29.2 Å². The van der Waals surface area contributed by atoms with Crippen LogP contribution in [0.25, 0.3) is 33.6 Å². The van der Waals surface area contributed by atoms with Gasteiger partial charge in [0.25, 0.3) is 5.91 Å². The Kier molecular flexibility index (Phi) is 5.58. The normalized spacial score (nSPS) is 18.0. The summed E-state index contributed by atoms with van der Waals surface area (Å²) in [5.41, 5.74) is 9.28. The molecular weight excluding hydrogens is 474 g/mol. The largest absolute Gasteiger partial charge is 0.494 e. The highest BCUT2D eigenvalue weighted by Crippen LogP contribution is 2.37. The number of benzene rings is 1. The van der Waals surface area contributed by atoms with Crippen LogP contribution >= 0.6 is 0 Å². The molecule has 0 bridgehead atoms. The van der Waals surface area contributed by atoms with Crippen molar-refractivity contribution in [1.82, 2.24) is 28.8 Å². The molecule has 3 aromatic heterocycles. The van der Waals surface area contributed by atoms with Gasteiger partial charge in [0.05, 0.1) is 31.1 Å². The van der Waals surface area contributed by atoms with Crippen molar-refractivity contribution in [2.75, 3.05) is 20.2 Å². The van der Waals surface area contributed by atoms with E-state index in [1.165, 1.54) is 12.8 Å². The molecule has 2 N–H and O–H groups in total. The lowest BCUT2D eigenvalue weighted by Gasteiger charge is -2.32. The summed E-state index contributed by atoms with van der Waals surface area (Å²) in [5.74, 6) is 1.90. The van der Waals surface area contributed by atoms with E-state index in [1.54, 1.807) is 18.1 Å². The molecule has 194 valence electrons. The van der Waals surface area contributed by atoms with Crippen molar-refractivity contribution >= 4 is 34.1 Å². The van der Waals surface area contributed by atoms with E-state index in [0.29, 0.717) is 42.3 Å². The Morgan fingerprint density at radius 3 is 2.70 bits per heavy atom. The van der Waals surface area contributed by atoms with Gasteiger partial charge in [0.2, 0.25) is 0 Å². The minimum Gasteiger partial charge on any atom is -0.494 e. The molecule has 4 heterocycles. The number of imidazole rings is 1. The van der Waals surface area contributed by atoms with Gasteiger partial charge in [-0.25, -0.2) is 9.78 Å². The fraction of sp³-hybridized carbons (Fsp3) is 0.462. The van der Waals surface area contributed by atoms with Gasteiger partial charge >= 0.3 is 6.09 Å². The number of fused-ring (bicyclic) bond motifs is 2. The SMILES string of the molecule is COc1cc(C(=O)N2CCCC(OC(N)=O)C2)cc2nc(-c3cc4cnn(C)c4n3CC3CC3)n(C)c12. The Morgan fingerprint density at radius 1 is 1.16 bits per heavy atom. The van der Waals surface area contributed by atoms with Crippen LogP contribution in [0.15, 0.2) is 24.4 Å². The van der Waals surface area contributed by atoms with Crippen LogP contribution in [0.4, 0.5) is 4.79 Å². The van der Waals surface area contributed by atoms with Crippen molar-refractivity contribution < 1.29 is 19.1 Å². The second kappa shape index (κ2) is 8.82. The average Bonchev–Trinajstić information content (AvgIpc) is 3.40. The quantitative estimate of drug-likeness (QED) is 0.430. The van der Waals surface area contributed by atoms with E-state index >= 15 is 0 Å². The van der Waals surface area contributed by atoms with Crippen molar-refractivity contribution in [3.8, 4) is 17.3 Å². The van der Waals surface area contributed by atoms with E-state index in [2.05, 4.69) is 15.7 Å². The number of nitrogens with zero attached hydrogens (tertiary/aromatic N) is 6. The molecule has 1 atom stereocenters. The molecular formula is C26H31N7O4. The van der Waals surface area contributed by atoms with Crippen LogP contribution in [-0.4, -0.2) is 67.1 Å². The zero-order valence-corrected chi connectivity index (χ0v) is 21.3. The Morgan fingerprint density at radius 2 is 1.97 bits per heavy atom. The molecule has 2 fully saturated rings. The van der Waals surface area contributed by atoms with Crippen molar-refractivity contribution in [2.45, 2.75) is 38.3 Å². The zero-order valence-electron chi connectivity index (χ0n) is 21.3. The number of methoxy groups -OCH3 is 1. The third-order valence-corrected chi connectivity index (χ3v) is 7.49. The van der Waals surface area contributed by atoms with Gasteiger partial charge in [-0.1, -0.05) is 0 Å². The number of ether oxygens (including phenoxy) is 2. The molecule has 1 aromatic carbocycles. The van der Waals surface area contributed by atoms with Gasteiger partial charge in [-0.2, -0.15) is 5.10 Å². The minimum atomic E-state index is -0.821. The molecule has 1 aliphatic carbocycles. The number of carbonyl (C=O) groups excluding carboxylic acids is 2. The number of piperidine rings is 1. The van der Waals surface area contributed by atoms with Crippen LogP contribution in [0.1, 0.15) is 36.0 Å². The minimum absolute atomic E-state index is 0.154. The van der Waals surface area contributed by atoms with Crippen LogP contribution in [-0.2, 0) is 25.4 Å². The number of carbonyl (C=O) groups is 2. The number of hydrogen-bond donors (Lipinski definition) is 1.